The lowest BCUT2D eigenvalue weighted by molar-refractivity contribution is 0.114. The Kier molecular flexibility index (Phi) is 5.04. The molecule has 2 atom stereocenters. The Hall–Kier alpha value is 0.210. The normalized spacial score (nSPS) is 33.0. The van der Waals surface area contributed by atoms with Crippen LogP contribution in [0.3, 0.4) is 0 Å². The van der Waals surface area contributed by atoms with Gasteiger partial charge in [0, 0.05) is 6.04 Å². The van der Waals surface area contributed by atoms with Crippen LogP contribution in [-0.4, -0.2) is 24.3 Å². The van der Waals surface area contributed by atoms with Crippen molar-refractivity contribution in [1.82, 2.24) is 5.32 Å². The molecule has 10 heavy (non-hydrogen) atoms. The minimum Gasteiger partial charge on any atom is -0.393 e. The minimum absolute atomic E-state index is 0. The molecule has 62 valence electrons. The molecule has 0 aliphatic heterocycles. The van der Waals surface area contributed by atoms with Gasteiger partial charge >= 0.3 is 0 Å². The van der Waals surface area contributed by atoms with E-state index < -0.39 is 0 Å². The summed E-state index contributed by atoms with van der Waals surface area (Å²) >= 11 is 0. The third kappa shape index (κ3) is 2.86. The highest BCUT2D eigenvalue weighted by atomic mass is 35.5. The highest BCUT2D eigenvalue weighted by molar-refractivity contribution is 5.85. The van der Waals surface area contributed by atoms with Crippen LogP contribution in [0, 0.1) is 0 Å². The maximum atomic E-state index is 9.17. The molecule has 0 aromatic carbocycles. The number of aliphatic hydroxyl groups is 1. The maximum absolute atomic E-state index is 9.17. The minimum atomic E-state index is -0.0452. The molecule has 1 fully saturated rings. The number of nitrogens with one attached hydrogen (secondary N) is 1. The largest absolute Gasteiger partial charge is 0.393 e. The summed E-state index contributed by atoms with van der Waals surface area (Å²) in [4.78, 5) is 0. The van der Waals surface area contributed by atoms with Crippen molar-refractivity contribution in [2.45, 2.75) is 37.8 Å². The molecule has 0 aromatic heterocycles. The van der Waals surface area contributed by atoms with E-state index in [0.29, 0.717) is 6.04 Å². The van der Waals surface area contributed by atoms with Crippen LogP contribution >= 0.6 is 12.4 Å². The van der Waals surface area contributed by atoms with Gasteiger partial charge in [-0.25, -0.2) is 0 Å². The van der Waals surface area contributed by atoms with Gasteiger partial charge in [0.2, 0.25) is 0 Å². The molecule has 1 rings (SSSR count). The topological polar surface area (TPSA) is 32.3 Å². The molecule has 1 aliphatic rings. The summed E-state index contributed by atoms with van der Waals surface area (Å²) in [7, 11) is 1.96. The lowest BCUT2D eigenvalue weighted by Gasteiger charge is -2.24. The van der Waals surface area contributed by atoms with Crippen molar-refractivity contribution in [3.63, 3.8) is 0 Å². The highest BCUT2D eigenvalue weighted by Crippen LogP contribution is 2.17. The van der Waals surface area contributed by atoms with Gasteiger partial charge in [0.25, 0.3) is 0 Å². The molecular weight excluding hydrogens is 150 g/mol. The average Bonchev–Trinajstić information content (AvgIpc) is 1.88. The van der Waals surface area contributed by atoms with Crippen LogP contribution < -0.4 is 5.32 Å². The summed E-state index contributed by atoms with van der Waals surface area (Å²) in [5, 5.41) is 12.3. The summed E-state index contributed by atoms with van der Waals surface area (Å²) in [5.41, 5.74) is 0. The smallest absolute Gasteiger partial charge is 0.0555 e. The first-order chi connectivity index (χ1) is 4.33. The number of hydrogen-bond acceptors (Lipinski definition) is 2. The fourth-order valence-electron chi connectivity index (χ4n) is 1.43. The Bertz CT molecular complexity index is 89.7. The summed E-state index contributed by atoms with van der Waals surface area (Å²) in [6.45, 7) is 0. The van der Waals surface area contributed by atoms with Gasteiger partial charge in [-0.3, -0.25) is 0 Å². The third-order valence-electron chi connectivity index (χ3n) is 2.05. The van der Waals surface area contributed by atoms with Crippen molar-refractivity contribution in [2.75, 3.05) is 7.05 Å². The van der Waals surface area contributed by atoms with Gasteiger partial charge in [-0.2, -0.15) is 0 Å². The fourth-order valence-corrected chi connectivity index (χ4v) is 1.43. The van der Waals surface area contributed by atoms with Crippen molar-refractivity contribution in [1.29, 1.82) is 0 Å². The van der Waals surface area contributed by atoms with E-state index in [9.17, 15) is 5.11 Å². The third-order valence-corrected chi connectivity index (χ3v) is 2.05. The van der Waals surface area contributed by atoms with Crippen molar-refractivity contribution in [3.8, 4) is 0 Å². The molecule has 1 aliphatic carbocycles. The Balaban J connectivity index is 0.000000810. The lowest BCUT2D eigenvalue weighted by atomic mass is 9.93. The molecule has 0 aromatic rings. The van der Waals surface area contributed by atoms with Crippen LogP contribution in [-0.2, 0) is 0 Å². The molecule has 0 unspecified atom stereocenters. The van der Waals surface area contributed by atoms with E-state index in [-0.39, 0.29) is 18.5 Å². The summed E-state index contributed by atoms with van der Waals surface area (Å²) in [5.74, 6) is 0. The van der Waals surface area contributed by atoms with Crippen LogP contribution in [0.1, 0.15) is 25.7 Å². The molecule has 2 nitrogen and oxygen atoms in total. The van der Waals surface area contributed by atoms with E-state index in [4.69, 9.17) is 0 Å². The Morgan fingerprint density at radius 3 is 2.50 bits per heavy atom. The number of hydrogen-bond donors (Lipinski definition) is 2. The van der Waals surface area contributed by atoms with Crippen LogP contribution in [0.2, 0.25) is 0 Å². The predicted octanol–water partition coefficient (Wildman–Crippen LogP) is 0.931. The monoisotopic (exact) mass is 165 g/mol. The summed E-state index contributed by atoms with van der Waals surface area (Å²) in [6, 6.07) is 0.564. The zero-order valence-corrected chi connectivity index (χ0v) is 7.16. The molecule has 0 heterocycles. The molecular formula is C7H16ClNO. The van der Waals surface area contributed by atoms with E-state index in [1.807, 2.05) is 7.05 Å². The number of halogens is 1. The lowest BCUT2D eigenvalue weighted by Crippen LogP contribution is -2.33. The molecule has 3 heteroatoms. The molecule has 1 saturated carbocycles. The van der Waals surface area contributed by atoms with Crippen LogP contribution in [0.4, 0.5) is 0 Å². The van der Waals surface area contributed by atoms with Gasteiger partial charge < -0.3 is 10.4 Å². The fraction of sp³-hybridized carbons (Fsp3) is 1.00. The predicted molar refractivity (Wildman–Crippen MR) is 44.6 cm³/mol. The molecule has 2 N–H and O–H groups in total. The molecule has 0 radical (unpaired) electrons. The Labute approximate surface area is 68.4 Å². The first-order valence-corrected chi connectivity index (χ1v) is 3.68. The first kappa shape index (κ1) is 10.2. The van der Waals surface area contributed by atoms with Crippen LogP contribution in [0.15, 0.2) is 0 Å². The SMILES string of the molecule is CN[C@@H]1CCC[C@H](O)C1.Cl. The van der Waals surface area contributed by atoms with E-state index in [0.717, 1.165) is 12.8 Å². The van der Waals surface area contributed by atoms with E-state index in [2.05, 4.69) is 5.32 Å². The van der Waals surface area contributed by atoms with Crippen molar-refractivity contribution >= 4 is 12.4 Å². The van der Waals surface area contributed by atoms with Crippen LogP contribution in [0.5, 0.6) is 0 Å². The highest BCUT2D eigenvalue weighted by Gasteiger charge is 2.17. The first-order valence-electron chi connectivity index (χ1n) is 3.68. The zero-order valence-electron chi connectivity index (χ0n) is 6.34. The average molecular weight is 166 g/mol. The van der Waals surface area contributed by atoms with Gasteiger partial charge in [0.05, 0.1) is 6.10 Å². The Morgan fingerprint density at radius 2 is 2.10 bits per heavy atom. The number of aliphatic hydroxyl groups excluding tert-OH is 1. The van der Waals surface area contributed by atoms with Crippen molar-refractivity contribution < 1.29 is 5.11 Å². The van der Waals surface area contributed by atoms with Crippen molar-refractivity contribution in [3.05, 3.63) is 0 Å². The van der Waals surface area contributed by atoms with Gasteiger partial charge in [0.15, 0.2) is 0 Å². The van der Waals surface area contributed by atoms with Gasteiger partial charge in [0.1, 0.15) is 0 Å². The van der Waals surface area contributed by atoms with Gasteiger partial charge in [-0.1, -0.05) is 0 Å². The molecule has 0 saturated heterocycles. The number of rotatable bonds is 1. The molecule has 0 bridgehead atoms. The second-order valence-corrected chi connectivity index (χ2v) is 2.81. The van der Waals surface area contributed by atoms with E-state index >= 15 is 0 Å². The van der Waals surface area contributed by atoms with Crippen LogP contribution in [0.25, 0.3) is 0 Å². The molecule has 0 amide bonds. The Morgan fingerprint density at radius 1 is 1.40 bits per heavy atom. The second kappa shape index (κ2) is 4.94. The van der Waals surface area contributed by atoms with Gasteiger partial charge in [-0.15, -0.1) is 12.4 Å². The van der Waals surface area contributed by atoms with E-state index in [1.54, 1.807) is 0 Å². The summed E-state index contributed by atoms with van der Waals surface area (Å²) < 4.78 is 0. The van der Waals surface area contributed by atoms with Crippen molar-refractivity contribution in [2.24, 2.45) is 0 Å². The maximum Gasteiger partial charge on any atom is 0.0555 e. The second-order valence-electron chi connectivity index (χ2n) is 2.81. The standard InChI is InChI=1S/C7H15NO.ClH/c1-8-6-3-2-4-7(9)5-6;/h6-9H,2-5H2,1H3;1H/t6-,7+;/m1./s1. The zero-order chi connectivity index (χ0) is 6.69. The molecule has 0 spiro atoms. The quantitative estimate of drug-likeness (QED) is 0.606. The summed E-state index contributed by atoms with van der Waals surface area (Å²) in [6.07, 6.45) is 4.30. The van der Waals surface area contributed by atoms with E-state index in [1.165, 1.54) is 12.8 Å². The van der Waals surface area contributed by atoms with Gasteiger partial charge in [-0.05, 0) is 32.7 Å².